The SMILES string of the molecule is COc1ccc2c(c1)S(=O)(=O)N(CCCN1CCN(c3ccc(F)cc3)CC1)CC21OCCO1. The number of rotatable bonds is 6. The van der Waals surface area contributed by atoms with E-state index >= 15 is 0 Å². The standard InChI is InChI=1S/C24H30FN3O5S/c1-31-21-7-8-22-23(17-21)34(29,30)28(18-24(22)32-15-16-33-24)10-2-9-26-11-13-27(14-12-26)20-5-3-19(25)4-6-20/h3-8,17H,2,9-16,18H2,1H3. The number of methoxy groups -OCH3 is 1. The predicted octanol–water partition coefficient (Wildman–Crippen LogP) is 2.25. The van der Waals surface area contributed by atoms with Gasteiger partial charge in [0.25, 0.3) is 0 Å². The van der Waals surface area contributed by atoms with Crippen molar-refractivity contribution in [2.75, 3.05) is 71.0 Å². The second-order valence-electron chi connectivity index (χ2n) is 8.81. The van der Waals surface area contributed by atoms with Gasteiger partial charge in [-0.05, 0) is 49.4 Å². The van der Waals surface area contributed by atoms with Crippen molar-refractivity contribution in [1.29, 1.82) is 0 Å². The molecule has 184 valence electrons. The van der Waals surface area contributed by atoms with Crippen molar-refractivity contribution in [3.63, 3.8) is 0 Å². The molecule has 0 radical (unpaired) electrons. The van der Waals surface area contributed by atoms with Gasteiger partial charge in [-0.2, -0.15) is 4.31 Å². The number of anilines is 1. The second kappa shape index (κ2) is 9.43. The lowest BCUT2D eigenvalue weighted by Crippen LogP contribution is -2.51. The van der Waals surface area contributed by atoms with Gasteiger partial charge in [0.1, 0.15) is 11.6 Å². The van der Waals surface area contributed by atoms with Crippen LogP contribution >= 0.6 is 0 Å². The highest BCUT2D eigenvalue weighted by atomic mass is 32.2. The molecule has 3 heterocycles. The molecule has 2 saturated heterocycles. The average molecular weight is 492 g/mol. The second-order valence-corrected chi connectivity index (χ2v) is 10.7. The molecule has 0 saturated carbocycles. The number of hydrogen-bond donors (Lipinski definition) is 0. The molecule has 0 atom stereocenters. The van der Waals surface area contributed by atoms with Gasteiger partial charge in [-0.15, -0.1) is 0 Å². The van der Waals surface area contributed by atoms with Crippen LogP contribution in [0.2, 0.25) is 0 Å². The molecule has 2 aromatic carbocycles. The summed E-state index contributed by atoms with van der Waals surface area (Å²) in [5.74, 6) is -0.809. The average Bonchev–Trinajstić information content (AvgIpc) is 3.32. The molecule has 0 aromatic heterocycles. The van der Waals surface area contributed by atoms with Crippen LogP contribution in [0.5, 0.6) is 5.75 Å². The normalized spacial score (nSPS) is 22.1. The molecule has 0 unspecified atom stereocenters. The van der Waals surface area contributed by atoms with E-state index in [9.17, 15) is 12.8 Å². The van der Waals surface area contributed by atoms with E-state index < -0.39 is 15.8 Å². The maximum Gasteiger partial charge on any atom is 0.243 e. The largest absolute Gasteiger partial charge is 0.497 e. The van der Waals surface area contributed by atoms with Crippen molar-refractivity contribution in [2.45, 2.75) is 17.1 Å². The summed E-state index contributed by atoms with van der Waals surface area (Å²) >= 11 is 0. The van der Waals surface area contributed by atoms with Gasteiger partial charge < -0.3 is 19.1 Å². The number of halogens is 1. The smallest absolute Gasteiger partial charge is 0.243 e. The maximum absolute atomic E-state index is 13.4. The third-order valence-corrected chi connectivity index (χ3v) is 8.69. The molecule has 2 fully saturated rings. The highest BCUT2D eigenvalue weighted by Gasteiger charge is 2.50. The van der Waals surface area contributed by atoms with Gasteiger partial charge >= 0.3 is 0 Å². The predicted molar refractivity (Wildman–Crippen MR) is 125 cm³/mol. The maximum atomic E-state index is 13.4. The molecule has 10 heteroatoms. The summed E-state index contributed by atoms with van der Waals surface area (Å²) in [7, 11) is -2.18. The fourth-order valence-corrected chi connectivity index (χ4v) is 6.71. The van der Waals surface area contributed by atoms with E-state index in [1.54, 1.807) is 18.2 Å². The lowest BCUT2D eigenvalue weighted by Gasteiger charge is -2.40. The topological polar surface area (TPSA) is 71.6 Å². The van der Waals surface area contributed by atoms with Gasteiger partial charge in [-0.25, -0.2) is 12.8 Å². The Labute approximate surface area is 199 Å². The molecule has 0 aliphatic carbocycles. The van der Waals surface area contributed by atoms with Crippen molar-refractivity contribution in [1.82, 2.24) is 9.21 Å². The van der Waals surface area contributed by atoms with Crippen LogP contribution in [-0.4, -0.2) is 83.8 Å². The molecule has 3 aliphatic heterocycles. The zero-order valence-corrected chi connectivity index (χ0v) is 20.1. The third-order valence-electron chi connectivity index (χ3n) is 6.80. The van der Waals surface area contributed by atoms with Gasteiger partial charge in [-0.1, -0.05) is 0 Å². The van der Waals surface area contributed by atoms with Crippen LogP contribution in [0.3, 0.4) is 0 Å². The van der Waals surface area contributed by atoms with Crippen LogP contribution in [0.1, 0.15) is 12.0 Å². The Morgan fingerprint density at radius 1 is 1.00 bits per heavy atom. The van der Waals surface area contributed by atoms with Gasteiger partial charge in [0, 0.05) is 50.0 Å². The first kappa shape index (κ1) is 23.5. The summed E-state index contributed by atoms with van der Waals surface area (Å²) < 4.78 is 58.7. The molecule has 0 bridgehead atoms. The molecule has 8 nitrogen and oxygen atoms in total. The zero-order chi connectivity index (χ0) is 23.8. The number of nitrogens with zero attached hydrogens (tertiary/aromatic N) is 3. The fraction of sp³-hybridized carbons (Fsp3) is 0.500. The van der Waals surface area contributed by atoms with E-state index in [0.29, 0.717) is 37.5 Å². The number of ether oxygens (including phenoxy) is 3. The molecule has 34 heavy (non-hydrogen) atoms. The molecular weight excluding hydrogens is 461 g/mol. The molecule has 3 aliphatic rings. The lowest BCUT2D eigenvalue weighted by molar-refractivity contribution is -0.176. The Hall–Kier alpha value is -2.24. The summed E-state index contributed by atoms with van der Waals surface area (Å²) in [5, 5.41) is 0. The Morgan fingerprint density at radius 2 is 1.71 bits per heavy atom. The van der Waals surface area contributed by atoms with Crippen LogP contribution in [0.4, 0.5) is 10.1 Å². The zero-order valence-electron chi connectivity index (χ0n) is 19.3. The minimum Gasteiger partial charge on any atom is -0.497 e. The lowest BCUT2D eigenvalue weighted by atomic mass is 10.0. The first-order valence-corrected chi connectivity index (χ1v) is 13.0. The Morgan fingerprint density at radius 3 is 2.38 bits per heavy atom. The van der Waals surface area contributed by atoms with Crippen LogP contribution < -0.4 is 9.64 Å². The van der Waals surface area contributed by atoms with Gasteiger partial charge in [-0.3, -0.25) is 4.90 Å². The quantitative estimate of drug-likeness (QED) is 0.614. The van der Waals surface area contributed by atoms with E-state index in [-0.39, 0.29) is 17.3 Å². The fourth-order valence-electron chi connectivity index (χ4n) is 4.95. The van der Waals surface area contributed by atoms with Crippen LogP contribution in [0.15, 0.2) is 47.4 Å². The van der Waals surface area contributed by atoms with E-state index in [4.69, 9.17) is 14.2 Å². The van der Waals surface area contributed by atoms with Crippen molar-refractivity contribution in [3.8, 4) is 5.75 Å². The minimum atomic E-state index is -3.69. The molecular formula is C24H30FN3O5S. The molecule has 0 amide bonds. The molecule has 1 spiro atoms. The monoisotopic (exact) mass is 491 g/mol. The number of hydrogen-bond acceptors (Lipinski definition) is 7. The molecule has 5 rings (SSSR count). The Bertz CT molecular complexity index is 1110. The van der Waals surface area contributed by atoms with Gasteiger partial charge in [0.2, 0.25) is 15.8 Å². The van der Waals surface area contributed by atoms with Crippen molar-refractivity contribution >= 4 is 15.7 Å². The number of benzene rings is 2. The summed E-state index contributed by atoms with van der Waals surface area (Å²) in [5.41, 5.74) is 1.57. The Balaban J connectivity index is 1.22. The van der Waals surface area contributed by atoms with Crippen LogP contribution in [-0.2, 0) is 25.3 Å². The van der Waals surface area contributed by atoms with Crippen molar-refractivity contribution in [2.24, 2.45) is 0 Å². The summed E-state index contributed by atoms with van der Waals surface area (Å²) in [6, 6.07) is 11.6. The number of fused-ring (bicyclic) bond motifs is 2. The van der Waals surface area contributed by atoms with E-state index in [1.807, 2.05) is 12.1 Å². The van der Waals surface area contributed by atoms with Gasteiger partial charge in [0.05, 0.1) is 31.8 Å². The summed E-state index contributed by atoms with van der Waals surface area (Å²) in [6.45, 7) is 5.63. The number of sulfonamides is 1. The molecule has 2 aromatic rings. The Kier molecular flexibility index (Phi) is 6.51. The van der Waals surface area contributed by atoms with Crippen LogP contribution in [0.25, 0.3) is 0 Å². The number of piperazine rings is 1. The highest BCUT2D eigenvalue weighted by Crippen LogP contribution is 2.43. The first-order chi connectivity index (χ1) is 16.4. The van der Waals surface area contributed by atoms with E-state index in [0.717, 1.165) is 38.4 Å². The van der Waals surface area contributed by atoms with Crippen LogP contribution in [0, 0.1) is 5.82 Å². The third kappa shape index (κ3) is 4.40. The van der Waals surface area contributed by atoms with Crippen molar-refractivity contribution < 1.29 is 27.0 Å². The van der Waals surface area contributed by atoms with E-state index in [1.165, 1.54) is 23.5 Å². The van der Waals surface area contributed by atoms with Gasteiger partial charge in [0.15, 0.2) is 0 Å². The van der Waals surface area contributed by atoms with Crippen molar-refractivity contribution in [3.05, 3.63) is 53.8 Å². The minimum absolute atomic E-state index is 0.146. The summed E-state index contributed by atoms with van der Waals surface area (Å²) in [6.07, 6.45) is 0.700. The first-order valence-electron chi connectivity index (χ1n) is 11.6. The molecule has 0 N–H and O–H groups in total. The van der Waals surface area contributed by atoms with E-state index in [2.05, 4.69) is 9.80 Å². The summed E-state index contributed by atoms with van der Waals surface area (Å²) in [4.78, 5) is 4.77. The highest BCUT2D eigenvalue weighted by molar-refractivity contribution is 7.89.